The Bertz CT molecular complexity index is 122. The van der Waals surface area contributed by atoms with Crippen LogP contribution in [0, 0.1) is 0 Å². The minimum atomic E-state index is -0.495. The fraction of sp³-hybridized carbons (Fsp3) is 0.500. The van der Waals surface area contributed by atoms with Crippen LogP contribution in [0.3, 0.4) is 0 Å². The first kappa shape index (κ1) is 8.16. The van der Waals surface area contributed by atoms with Crippen LogP contribution in [0.5, 0.6) is 0 Å². The van der Waals surface area contributed by atoms with Gasteiger partial charge in [-0.15, -0.1) is 0 Å². The van der Waals surface area contributed by atoms with Crippen molar-refractivity contribution < 1.29 is 14.6 Å². The van der Waals surface area contributed by atoms with Crippen LogP contribution in [-0.4, -0.2) is 29.3 Å². The zero-order valence-corrected chi connectivity index (χ0v) is 5.29. The SMILES string of the molecule is CC(=O)N([B]O)C(C)=O. The maximum Gasteiger partial charge on any atom is 0.445 e. The van der Waals surface area contributed by atoms with E-state index in [-0.39, 0.29) is 0 Å². The molecule has 0 saturated heterocycles. The summed E-state index contributed by atoms with van der Waals surface area (Å²) in [5.74, 6) is -0.991. The summed E-state index contributed by atoms with van der Waals surface area (Å²) in [6, 6.07) is 0. The molecular weight excluding hydrogens is 121 g/mol. The van der Waals surface area contributed by atoms with E-state index in [2.05, 4.69) is 0 Å². The number of nitrogens with zero attached hydrogens (tertiary/aromatic N) is 1. The van der Waals surface area contributed by atoms with Gasteiger partial charge < -0.3 is 9.83 Å². The van der Waals surface area contributed by atoms with Crippen LogP contribution in [0.15, 0.2) is 0 Å². The number of carbonyl (C=O) groups excluding carboxylic acids is 2. The molecule has 5 heteroatoms. The lowest BCUT2D eigenvalue weighted by Gasteiger charge is -2.10. The van der Waals surface area contributed by atoms with Gasteiger partial charge in [-0.3, -0.25) is 9.59 Å². The van der Waals surface area contributed by atoms with Crippen molar-refractivity contribution >= 4 is 19.4 Å². The molecule has 0 unspecified atom stereocenters. The standard InChI is InChI=1S/C4H7BNO3/c1-3(7)6(5-9)4(2)8/h9H,1-2H3. The molecule has 1 radical (unpaired) electrons. The molecule has 0 aliphatic carbocycles. The summed E-state index contributed by atoms with van der Waals surface area (Å²) in [6.45, 7) is 2.38. The average Bonchev–Trinajstić information content (AvgIpc) is 1.64. The molecule has 4 nitrogen and oxygen atoms in total. The summed E-state index contributed by atoms with van der Waals surface area (Å²) in [4.78, 5) is 21.3. The third kappa shape index (κ3) is 2.28. The minimum Gasteiger partial charge on any atom is -0.434 e. The van der Waals surface area contributed by atoms with Gasteiger partial charge in [-0.25, -0.2) is 0 Å². The molecule has 0 spiro atoms. The van der Waals surface area contributed by atoms with Crippen LogP contribution in [0.25, 0.3) is 0 Å². The highest BCUT2D eigenvalue weighted by molar-refractivity contribution is 6.34. The molecule has 0 fully saturated rings. The molecule has 0 saturated carbocycles. The van der Waals surface area contributed by atoms with Gasteiger partial charge in [0.1, 0.15) is 0 Å². The molecule has 0 aromatic carbocycles. The zero-order valence-electron chi connectivity index (χ0n) is 5.29. The molecule has 0 aliphatic rings. The number of imide groups is 1. The van der Waals surface area contributed by atoms with Crippen molar-refractivity contribution in [2.45, 2.75) is 13.8 Å². The largest absolute Gasteiger partial charge is 0.445 e. The predicted molar refractivity (Wildman–Crippen MR) is 31.2 cm³/mol. The fourth-order valence-electron chi connectivity index (χ4n) is 0.384. The first-order chi connectivity index (χ1) is 4.09. The van der Waals surface area contributed by atoms with Crippen LogP contribution in [0.2, 0.25) is 0 Å². The van der Waals surface area contributed by atoms with Crippen molar-refractivity contribution in [3.8, 4) is 0 Å². The van der Waals surface area contributed by atoms with Gasteiger partial charge in [0.15, 0.2) is 0 Å². The van der Waals surface area contributed by atoms with E-state index in [9.17, 15) is 9.59 Å². The van der Waals surface area contributed by atoms with Crippen LogP contribution in [-0.2, 0) is 9.59 Å². The second-order valence-electron chi connectivity index (χ2n) is 1.52. The van der Waals surface area contributed by atoms with Crippen LogP contribution in [0.4, 0.5) is 0 Å². The molecule has 0 aliphatic heterocycles. The van der Waals surface area contributed by atoms with E-state index in [0.717, 1.165) is 0 Å². The monoisotopic (exact) mass is 128 g/mol. The smallest absolute Gasteiger partial charge is 0.434 e. The zero-order chi connectivity index (χ0) is 7.44. The van der Waals surface area contributed by atoms with Crippen molar-refractivity contribution in [3.63, 3.8) is 0 Å². The van der Waals surface area contributed by atoms with Gasteiger partial charge in [0.2, 0.25) is 11.8 Å². The van der Waals surface area contributed by atoms with Crippen LogP contribution >= 0.6 is 0 Å². The summed E-state index contributed by atoms with van der Waals surface area (Å²) >= 11 is 0. The molecule has 0 aromatic heterocycles. The van der Waals surface area contributed by atoms with E-state index in [1.807, 2.05) is 0 Å². The molecule has 0 bridgehead atoms. The van der Waals surface area contributed by atoms with E-state index in [4.69, 9.17) is 5.02 Å². The van der Waals surface area contributed by atoms with E-state index in [0.29, 0.717) is 12.4 Å². The fourth-order valence-corrected chi connectivity index (χ4v) is 0.384. The predicted octanol–water partition coefficient (Wildman–Crippen LogP) is -1.09. The van der Waals surface area contributed by atoms with Gasteiger partial charge in [0.05, 0.1) is 0 Å². The molecule has 0 rings (SSSR count). The Labute approximate surface area is 53.8 Å². The average molecular weight is 128 g/mol. The summed E-state index contributed by atoms with van der Waals surface area (Å²) in [5.41, 5.74) is 0. The maximum atomic E-state index is 10.3. The molecule has 0 atom stereocenters. The molecule has 0 heterocycles. The summed E-state index contributed by atoms with van der Waals surface area (Å²) in [5, 5.41) is 8.23. The molecule has 49 valence electrons. The van der Waals surface area contributed by atoms with Gasteiger partial charge in [0.25, 0.3) is 0 Å². The maximum absolute atomic E-state index is 10.3. The molecule has 9 heavy (non-hydrogen) atoms. The number of carbonyl (C=O) groups is 2. The van der Waals surface area contributed by atoms with Crippen molar-refractivity contribution in [1.29, 1.82) is 0 Å². The van der Waals surface area contributed by atoms with E-state index in [1.54, 1.807) is 0 Å². The highest BCUT2D eigenvalue weighted by atomic mass is 16.2. The molecule has 0 aromatic rings. The lowest BCUT2D eigenvalue weighted by atomic mass is 10.2. The Morgan fingerprint density at radius 2 is 1.67 bits per heavy atom. The van der Waals surface area contributed by atoms with Crippen LogP contribution < -0.4 is 0 Å². The van der Waals surface area contributed by atoms with Gasteiger partial charge in [0, 0.05) is 13.8 Å². The van der Waals surface area contributed by atoms with Crippen molar-refractivity contribution in [3.05, 3.63) is 0 Å². The topological polar surface area (TPSA) is 57.6 Å². The van der Waals surface area contributed by atoms with Crippen molar-refractivity contribution in [2.75, 3.05) is 0 Å². The van der Waals surface area contributed by atoms with Crippen molar-refractivity contribution in [2.24, 2.45) is 0 Å². The molecule has 2 amide bonds. The second kappa shape index (κ2) is 3.24. The van der Waals surface area contributed by atoms with Gasteiger partial charge in [-0.05, 0) is 0 Å². The van der Waals surface area contributed by atoms with E-state index < -0.39 is 11.8 Å². The Hall–Kier alpha value is -0.835. The lowest BCUT2D eigenvalue weighted by Crippen LogP contribution is -2.36. The first-order valence-electron chi connectivity index (χ1n) is 2.37. The third-order valence-electron chi connectivity index (χ3n) is 0.794. The Balaban J connectivity index is 3.99. The summed E-state index contributed by atoms with van der Waals surface area (Å²) in [7, 11) is 0.449. The molecular formula is C4H7BNO3. The Morgan fingerprint density at radius 3 is 1.67 bits per heavy atom. The Morgan fingerprint density at radius 1 is 1.33 bits per heavy atom. The summed E-state index contributed by atoms with van der Waals surface area (Å²) < 4.78 is 0. The normalized spacial score (nSPS) is 8.33. The van der Waals surface area contributed by atoms with E-state index in [1.165, 1.54) is 13.8 Å². The quantitative estimate of drug-likeness (QED) is 0.456. The first-order valence-corrected chi connectivity index (χ1v) is 2.37. The molecule has 1 N–H and O–H groups in total. The lowest BCUT2D eigenvalue weighted by molar-refractivity contribution is -0.136. The van der Waals surface area contributed by atoms with Crippen molar-refractivity contribution in [1.82, 2.24) is 4.81 Å². The van der Waals surface area contributed by atoms with Crippen LogP contribution in [0.1, 0.15) is 13.8 Å². The number of amides is 2. The van der Waals surface area contributed by atoms with E-state index >= 15 is 0 Å². The second-order valence-corrected chi connectivity index (χ2v) is 1.52. The van der Waals surface area contributed by atoms with Gasteiger partial charge in [-0.1, -0.05) is 0 Å². The minimum absolute atomic E-state index is 0.449. The van der Waals surface area contributed by atoms with Gasteiger partial charge >= 0.3 is 7.62 Å². The highest BCUT2D eigenvalue weighted by Crippen LogP contribution is 1.84. The Kier molecular flexibility index (Phi) is 2.94. The number of hydrogen-bond donors (Lipinski definition) is 1. The number of hydrogen-bond acceptors (Lipinski definition) is 3. The number of rotatable bonds is 1. The highest BCUT2D eigenvalue weighted by Gasteiger charge is 2.12. The third-order valence-corrected chi connectivity index (χ3v) is 0.794. The van der Waals surface area contributed by atoms with Gasteiger partial charge in [-0.2, -0.15) is 0 Å². The summed E-state index contributed by atoms with van der Waals surface area (Å²) in [6.07, 6.45) is 0.